The van der Waals surface area contributed by atoms with Crippen molar-refractivity contribution in [3.05, 3.63) is 72.1 Å². The van der Waals surface area contributed by atoms with E-state index in [0.717, 1.165) is 79.9 Å². The van der Waals surface area contributed by atoms with E-state index in [2.05, 4.69) is 54.5 Å². The van der Waals surface area contributed by atoms with E-state index in [1.54, 1.807) is 12.4 Å². The molecular formula is C29H34N10. The first-order valence-electron chi connectivity index (χ1n) is 13.3. The van der Waals surface area contributed by atoms with E-state index in [-0.39, 0.29) is 0 Å². The van der Waals surface area contributed by atoms with Crippen molar-refractivity contribution >= 4 is 42.1 Å². The Hall–Kier alpha value is -4.73. The van der Waals surface area contributed by atoms with Gasteiger partial charge >= 0.3 is 0 Å². The van der Waals surface area contributed by atoms with Crippen LogP contribution in [0, 0.1) is 0 Å². The van der Waals surface area contributed by atoms with E-state index in [1.807, 2.05) is 53.2 Å². The molecule has 39 heavy (non-hydrogen) atoms. The Labute approximate surface area is 228 Å². The highest BCUT2D eigenvalue weighted by Gasteiger charge is 2.13. The zero-order valence-corrected chi connectivity index (χ0v) is 22.0. The Morgan fingerprint density at radius 3 is 1.82 bits per heavy atom. The maximum Gasteiger partial charge on any atom is 0.216 e. The van der Waals surface area contributed by atoms with Crippen molar-refractivity contribution < 1.29 is 0 Å². The van der Waals surface area contributed by atoms with Crippen molar-refractivity contribution in [2.75, 3.05) is 26.2 Å². The summed E-state index contributed by atoms with van der Waals surface area (Å²) in [5.74, 6) is 0.959. The predicted molar refractivity (Wildman–Crippen MR) is 161 cm³/mol. The summed E-state index contributed by atoms with van der Waals surface area (Å²) in [7, 11) is 0. The molecule has 2 aliphatic rings. The van der Waals surface area contributed by atoms with Crippen LogP contribution in [-0.4, -0.2) is 69.7 Å². The number of hydrogen-bond donors (Lipinski definition) is 2. The van der Waals surface area contributed by atoms with E-state index in [1.165, 1.54) is 0 Å². The highest BCUT2D eigenvalue weighted by Crippen LogP contribution is 2.21. The van der Waals surface area contributed by atoms with Crippen LogP contribution in [0.3, 0.4) is 0 Å². The molecule has 10 heteroatoms. The zero-order chi connectivity index (χ0) is 26.9. The maximum atomic E-state index is 5.96. The number of allylic oxidation sites excluding steroid dienone is 2. The fraction of sp³-hybridized carbons (Fsp3) is 0.276. The van der Waals surface area contributed by atoms with Crippen molar-refractivity contribution in [2.45, 2.75) is 25.7 Å². The van der Waals surface area contributed by atoms with Gasteiger partial charge in [-0.15, -0.1) is 10.2 Å². The van der Waals surface area contributed by atoms with Crippen molar-refractivity contribution in [1.29, 1.82) is 0 Å². The van der Waals surface area contributed by atoms with Gasteiger partial charge in [0.15, 0.2) is 0 Å². The van der Waals surface area contributed by atoms with Crippen molar-refractivity contribution in [3.63, 3.8) is 0 Å². The molecule has 0 spiro atoms. The van der Waals surface area contributed by atoms with Crippen LogP contribution in [0.5, 0.6) is 0 Å². The van der Waals surface area contributed by atoms with Gasteiger partial charge in [-0.2, -0.15) is 10.2 Å². The number of fused-ring (bicyclic) bond motifs is 1. The maximum absolute atomic E-state index is 5.96. The third-order valence-electron chi connectivity index (χ3n) is 6.74. The number of guanidine groups is 2. The normalized spacial score (nSPS) is 17.4. The molecule has 0 amide bonds. The summed E-state index contributed by atoms with van der Waals surface area (Å²) in [6, 6.07) is 12.3. The molecule has 10 nitrogen and oxygen atoms in total. The number of hydrogen-bond acceptors (Lipinski definition) is 5. The smallest absolute Gasteiger partial charge is 0.216 e. The Balaban J connectivity index is 1.17. The van der Waals surface area contributed by atoms with Crippen LogP contribution in [0.25, 0.3) is 29.1 Å². The van der Waals surface area contributed by atoms with Crippen LogP contribution >= 0.6 is 0 Å². The molecule has 0 saturated carbocycles. The van der Waals surface area contributed by atoms with Gasteiger partial charge in [0.25, 0.3) is 0 Å². The number of nitrogens with zero attached hydrogens (tertiary/aromatic N) is 8. The molecule has 4 N–H and O–H groups in total. The van der Waals surface area contributed by atoms with E-state index < -0.39 is 0 Å². The summed E-state index contributed by atoms with van der Waals surface area (Å²) in [6.45, 7) is 3.82. The molecule has 200 valence electrons. The molecule has 0 unspecified atom stereocenters. The molecule has 0 aliphatic carbocycles. The minimum absolute atomic E-state index is 0.478. The number of benzene rings is 1. The highest BCUT2D eigenvalue weighted by atomic mass is 15.4. The molecule has 1 aromatic carbocycles. The molecule has 2 saturated heterocycles. The van der Waals surface area contributed by atoms with Gasteiger partial charge in [-0.3, -0.25) is 0 Å². The molecule has 2 aliphatic heterocycles. The SMILES string of the molecule is N/C(=N/N=C/C=C/c1ccc(-c2cn3cc(/C=C/C=N/N=C(/N)N4CCCC4)ccc3n2)cc1)N1CCCC1. The fourth-order valence-corrected chi connectivity index (χ4v) is 4.60. The minimum Gasteiger partial charge on any atom is -0.368 e. The lowest BCUT2D eigenvalue weighted by Crippen LogP contribution is -2.34. The molecule has 2 aromatic heterocycles. The first kappa shape index (κ1) is 25.9. The second kappa shape index (κ2) is 12.7. The van der Waals surface area contributed by atoms with Crippen LogP contribution in [0.4, 0.5) is 0 Å². The van der Waals surface area contributed by atoms with Crippen molar-refractivity contribution in [1.82, 2.24) is 19.2 Å². The third kappa shape index (κ3) is 6.98. The number of nitrogens with two attached hydrogens (primary N) is 2. The van der Waals surface area contributed by atoms with Gasteiger partial charge in [0.05, 0.1) is 5.69 Å². The predicted octanol–water partition coefficient (Wildman–Crippen LogP) is 3.82. The Morgan fingerprint density at radius 2 is 1.23 bits per heavy atom. The van der Waals surface area contributed by atoms with Crippen molar-refractivity contribution in [2.24, 2.45) is 31.9 Å². The average molecular weight is 523 g/mol. The minimum atomic E-state index is 0.478. The van der Waals surface area contributed by atoms with Crippen molar-refractivity contribution in [3.8, 4) is 11.3 Å². The first-order valence-corrected chi connectivity index (χ1v) is 13.3. The van der Waals surface area contributed by atoms with Gasteiger partial charge in [-0.05, 0) is 61.1 Å². The monoisotopic (exact) mass is 522 g/mol. The van der Waals surface area contributed by atoms with Crippen LogP contribution < -0.4 is 11.5 Å². The number of rotatable bonds is 7. The Morgan fingerprint density at radius 1 is 0.692 bits per heavy atom. The second-order valence-corrected chi connectivity index (χ2v) is 9.53. The van der Waals surface area contributed by atoms with E-state index in [9.17, 15) is 0 Å². The van der Waals surface area contributed by atoms with E-state index in [4.69, 9.17) is 16.5 Å². The lowest BCUT2D eigenvalue weighted by molar-refractivity contribution is 0.511. The average Bonchev–Trinajstić information content (AvgIpc) is 3.74. The van der Waals surface area contributed by atoms with E-state index in [0.29, 0.717) is 11.9 Å². The lowest BCUT2D eigenvalue weighted by atomic mass is 10.1. The molecule has 0 bridgehead atoms. The summed E-state index contributed by atoms with van der Waals surface area (Å²) in [4.78, 5) is 8.86. The second-order valence-electron chi connectivity index (χ2n) is 9.53. The quantitative estimate of drug-likeness (QED) is 0.277. The Bertz CT molecular complexity index is 1430. The number of pyridine rings is 1. The topological polar surface area (TPSA) is 125 Å². The molecule has 0 radical (unpaired) electrons. The summed E-state index contributed by atoms with van der Waals surface area (Å²) in [6.07, 6.45) is 19.6. The molecule has 5 rings (SSSR count). The molecular weight excluding hydrogens is 488 g/mol. The summed E-state index contributed by atoms with van der Waals surface area (Å²) in [5.41, 5.74) is 16.8. The van der Waals surface area contributed by atoms with Gasteiger partial charge < -0.3 is 25.7 Å². The number of aromatic nitrogens is 2. The van der Waals surface area contributed by atoms with Gasteiger partial charge in [0, 0.05) is 56.6 Å². The highest BCUT2D eigenvalue weighted by molar-refractivity contribution is 5.82. The standard InChI is InChI=1S/C29H34N10/c30-28(37-17-1-2-18-37)35-32-15-5-7-23-9-12-25(13-10-23)26-22-39-21-24(11-14-27(39)34-26)8-6-16-33-36-29(31)38-19-3-4-20-38/h5-16,21-22H,1-4,17-20H2,(H2,30,35)(H2,31,36)/b7-5+,8-6+,32-15+,33-16+. The van der Waals surface area contributed by atoms with Gasteiger partial charge in [0.1, 0.15) is 5.65 Å². The van der Waals surface area contributed by atoms with E-state index >= 15 is 0 Å². The third-order valence-corrected chi connectivity index (χ3v) is 6.74. The summed E-state index contributed by atoms with van der Waals surface area (Å²) >= 11 is 0. The largest absolute Gasteiger partial charge is 0.368 e. The first-order chi connectivity index (χ1) is 19.2. The molecule has 4 heterocycles. The molecule has 0 atom stereocenters. The molecule has 3 aromatic rings. The number of imidazole rings is 1. The van der Waals surface area contributed by atoms with Gasteiger partial charge in [-0.1, -0.05) is 36.4 Å². The van der Waals surface area contributed by atoms with Crippen LogP contribution in [0.2, 0.25) is 0 Å². The summed E-state index contributed by atoms with van der Waals surface area (Å²) in [5, 5.41) is 16.3. The van der Waals surface area contributed by atoms with Crippen LogP contribution in [0.1, 0.15) is 36.8 Å². The van der Waals surface area contributed by atoms with Crippen LogP contribution in [-0.2, 0) is 0 Å². The lowest BCUT2D eigenvalue weighted by Gasteiger charge is -2.13. The summed E-state index contributed by atoms with van der Waals surface area (Å²) < 4.78 is 2.02. The fourth-order valence-electron chi connectivity index (χ4n) is 4.60. The number of likely N-dealkylation sites (tertiary alicyclic amines) is 2. The zero-order valence-electron chi connectivity index (χ0n) is 22.0. The van der Waals surface area contributed by atoms with Gasteiger partial charge in [0.2, 0.25) is 11.9 Å². The molecule has 2 fully saturated rings. The van der Waals surface area contributed by atoms with Gasteiger partial charge in [-0.25, -0.2) is 4.98 Å². The Kier molecular flexibility index (Phi) is 8.42. The van der Waals surface area contributed by atoms with Crippen LogP contribution in [0.15, 0.2) is 81.3 Å².